The van der Waals surface area contributed by atoms with Gasteiger partial charge in [0.25, 0.3) is 0 Å². The zero-order valence-corrected chi connectivity index (χ0v) is 12.1. The molecular weight excluding hydrogens is 266 g/mol. The van der Waals surface area contributed by atoms with Gasteiger partial charge in [-0.1, -0.05) is 42.5 Å². The van der Waals surface area contributed by atoms with Crippen LogP contribution in [0.5, 0.6) is 0 Å². The van der Waals surface area contributed by atoms with Gasteiger partial charge in [-0.05, 0) is 23.3 Å². The molecule has 2 aromatic carbocycles. The highest BCUT2D eigenvalue weighted by Gasteiger charge is 2.08. The largest absolute Gasteiger partial charge is 0.299 e. The molecule has 20 heavy (non-hydrogen) atoms. The number of hydrogen-bond acceptors (Lipinski definition) is 3. The summed E-state index contributed by atoms with van der Waals surface area (Å²) in [6, 6.07) is 14.4. The summed E-state index contributed by atoms with van der Waals surface area (Å²) >= 11 is 1.56. The Morgan fingerprint density at radius 3 is 2.65 bits per heavy atom. The number of aryl methyl sites for hydroxylation is 1. The van der Waals surface area contributed by atoms with E-state index in [2.05, 4.69) is 29.2 Å². The zero-order chi connectivity index (χ0) is 13.9. The summed E-state index contributed by atoms with van der Waals surface area (Å²) in [6.07, 6.45) is 0.912. The first kappa shape index (κ1) is 13.0. The lowest BCUT2D eigenvalue weighted by molar-refractivity contribution is -0.117. The summed E-state index contributed by atoms with van der Waals surface area (Å²) in [4.78, 5) is 16.4. The van der Waals surface area contributed by atoms with E-state index in [-0.39, 0.29) is 5.78 Å². The third kappa shape index (κ3) is 2.94. The summed E-state index contributed by atoms with van der Waals surface area (Å²) in [5, 5.41) is 5.29. The quantitative estimate of drug-likeness (QED) is 0.724. The average molecular weight is 281 g/mol. The van der Waals surface area contributed by atoms with Crippen LogP contribution in [0, 0.1) is 6.92 Å². The van der Waals surface area contributed by atoms with Gasteiger partial charge >= 0.3 is 0 Å². The van der Waals surface area contributed by atoms with Crippen LogP contribution >= 0.6 is 11.3 Å². The lowest BCUT2D eigenvalue weighted by Gasteiger charge is -2.03. The first-order valence-electron chi connectivity index (χ1n) is 6.61. The van der Waals surface area contributed by atoms with Crippen molar-refractivity contribution in [1.82, 2.24) is 4.98 Å². The molecule has 1 aromatic heterocycles. The molecule has 0 spiro atoms. The van der Waals surface area contributed by atoms with Crippen LogP contribution in [0.1, 0.15) is 16.3 Å². The van der Waals surface area contributed by atoms with Gasteiger partial charge in [0.15, 0.2) is 0 Å². The maximum atomic E-state index is 12.1. The van der Waals surface area contributed by atoms with Gasteiger partial charge in [-0.3, -0.25) is 4.79 Å². The molecule has 0 N–H and O–H groups in total. The predicted octanol–water partition coefficient (Wildman–Crippen LogP) is 3.96. The minimum absolute atomic E-state index is 0.217. The van der Waals surface area contributed by atoms with Crippen LogP contribution in [0.3, 0.4) is 0 Å². The molecule has 0 amide bonds. The Bertz CT molecular complexity index is 760. The summed E-state index contributed by atoms with van der Waals surface area (Å²) < 4.78 is 0. The number of hydrogen-bond donors (Lipinski definition) is 0. The molecule has 1 heterocycles. The fourth-order valence-corrected chi connectivity index (χ4v) is 3.09. The maximum Gasteiger partial charge on any atom is 0.144 e. The number of benzene rings is 2. The van der Waals surface area contributed by atoms with Crippen LogP contribution in [0.15, 0.2) is 47.8 Å². The van der Waals surface area contributed by atoms with Crippen molar-refractivity contribution in [2.45, 2.75) is 19.8 Å². The van der Waals surface area contributed by atoms with Crippen molar-refractivity contribution >= 4 is 27.9 Å². The Kier molecular flexibility index (Phi) is 3.61. The van der Waals surface area contributed by atoms with E-state index < -0.39 is 0 Å². The molecule has 0 saturated carbocycles. The number of fused-ring (bicyclic) bond motifs is 1. The lowest BCUT2D eigenvalue weighted by atomic mass is 10.0. The smallest absolute Gasteiger partial charge is 0.144 e. The van der Waals surface area contributed by atoms with Gasteiger partial charge in [-0.25, -0.2) is 4.98 Å². The van der Waals surface area contributed by atoms with E-state index in [0.717, 1.165) is 16.3 Å². The normalized spacial score (nSPS) is 10.8. The third-order valence-corrected chi connectivity index (χ3v) is 4.20. The number of carbonyl (C=O) groups excluding carboxylic acids is 1. The van der Waals surface area contributed by atoms with E-state index in [1.807, 2.05) is 30.5 Å². The highest BCUT2D eigenvalue weighted by molar-refractivity contribution is 7.09. The second-order valence-electron chi connectivity index (χ2n) is 4.96. The summed E-state index contributed by atoms with van der Waals surface area (Å²) in [6.45, 7) is 1.95. The third-order valence-electron chi connectivity index (χ3n) is 3.23. The first-order valence-corrected chi connectivity index (χ1v) is 7.49. The topological polar surface area (TPSA) is 30.0 Å². The van der Waals surface area contributed by atoms with Crippen molar-refractivity contribution in [2.24, 2.45) is 0 Å². The van der Waals surface area contributed by atoms with E-state index in [9.17, 15) is 4.79 Å². The Balaban J connectivity index is 1.73. The summed E-state index contributed by atoms with van der Waals surface area (Å²) in [7, 11) is 0. The summed E-state index contributed by atoms with van der Waals surface area (Å²) in [5.41, 5.74) is 2.06. The van der Waals surface area contributed by atoms with Crippen molar-refractivity contribution in [2.75, 3.05) is 0 Å². The van der Waals surface area contributed by atoms with E-state index in [1.165, 1.54) is 10.8 Å². The van der Waals surface area contributed by atoms with Crippen LogP contribution in [-0.2, 0) is 17.6 Å². The first-order chi connectivity index (χ1) is 9.70. The fraction of sp³-hybridized carbons (Fsp3) is 0.176. The molecule has 3 aromatic rings. The van der Waals surface area contributed by atoms with Crippen LogP contribution in [-0.4, -0.2) is 10.8 Å². The second kappa shape index (κ2) is 5.55. The molecule has 0 bridgehead atoms. The molecule has 0 unspecified atom stereocenters. The van der Waals surface area contributed by atoms with Crippen molar-refractivity contribution in [3.05, 3.63) is 64.1 Å². The van der Waals surface area contributed by atoms with Gasteiger partial charge in [0.1, 0.15) is 10.8 Å². The molecule has 2 nitrogen and oxygen atoms in total. The van der Waals surface area contributed by atoms with Gasteiger partial charge in [0, 0.05) is 17.5 Å². The van der Waals surface area contributed by atoms with Gasteiger partial charge in [-0.15, -0.1) is 11.3 Å². The fourth-order valence-electron chi connectivity index (χ4n) is 2.29. The number of rotatable bonds is 4. The van der Waals surface area contributed by atoms with Crippen molar-refractivity contribution in [1.29, 1.82) is 0 Å². The molecule has 0 aliphatic carbocycles. The number of Topliss-reactive ketones (excluding diaryl/α,β-unsaturated/α-hetero) is 1. The predicted molar refractivity (Wildman–Crippen MR) is 83.2 cm³/mol. The van der Waals surface area contributed by atoms with Crippen LogP contribution in [0.4, 0.5) is 0 Å². The van der Waals surface area contributed by atoms with E-state index >= 15 is 0 Å². The maximum absolute atomic E-state index is 12.1. The number of nitrogens with zero attached hydrogens (tertiary/aromatic N) is 1. The van der Waals surface area contributed by atoms with E-state index in [4.69, 9.17) is 0 Å². The van der Waals surface area contributed by atoms with Gasteiger partial charge in [-0.2, -0.15) is 0 Å². The van der Waals surface area contributed by atoms with E-state index in [1.54, 1.807) is 11.3 Å². The SMILES string of the molecule is Cc1csc(CC(=O)Cc2ccc3ccccc3c2)n1. The van der Waals surface area contributed by atoms with Crippen LogP contribution in [0.2, 0.25) is 0 Å². The number of thiazole rings is 1. The molecule has 3 rings (SSSR count). The van der Waals surface area contributed by atoms with Crippen molar-refractivity contribution < 1.29 is 4.79 Å². The monoisotopic (exact) mass is 281 g/mol. The van der Waals surface area contributed by atoms with E-state index in [0.29, 0.717) is 12.8 Å². The number of carbonyl (C=O) groups is 1. The minimum atomic E-state index is 0.217. The molecular formula is C17H15NOS. The summed E-state index contributed by atoms with van der Waals surface area (Å²) in [5.74, 6) is 0.217. The van der Waals surface area contributed by atoms with Gasteiger partial charge < -0.3 is 0 Å². The molecule has 0 atom stereocenters. The highest BCUT2D eigenvalue weighted by Crippen LogP contribution is 2.17. The molecule has 0 saturated heterocycles. The Morgan fingerprint density at radius 2 is 1.90 bits per heavy atom. The van der Waals surface area contributed by atoms with Gasteiger partial charge in [0.2, 0.25) is 0 Å². The van der Waals surface area contributed by atoms with Crippen LogP contribution < -0.4 is 0 Å². The lowest BCUT2D eigenvalue weighted by Crippen LogP contribution is -2.06. The molecule has 0 aliphatic rings. The molecule has 0 fully saturated rings. The minimum Gasteiger partial charge on any atom is -0.299 e. The Morgan fingerprint density at radius 1 is 1.10 bits per heavy atom. The number of ketones is 1. The average Bonchev–Trinajstić information content (AvgIpc) is 2.83. The van der Waals surface area contributed by atoms with Crippen LogP contribution in [0.25, 0.3) is 10.8 Å². The molecule has 3 heteroatoms. The second-order valence-corrected chi connectivity index (χ2v) is 5.90. The Hall–Kier alpha value is -2.00. The van der Waals surface area contributed by atoms with Gasteiger partial charge in [0.05, 0.1) is 6.42 Å². The molecule has 100 valence electrons. The molecule has 0 aliphatic heterocycles. The standard InChI is InChI=1S/C17H15NOS/c1-12-11-20-17(18-12)10-16(19)9-13-6-7-14-4-2-3-5-15(14)8-13/h2-8,11H,9-10H2,1H3. The van der Waals surface area contributed by atoms with Crippen molar-refractivity contribution in [3.8, 4) is 0 Å². The molecule has 0 radical (unpaired) electrons. The van der Waals surface area contributed by atoms with Crippen molar-refractivity contribution in [3.63, 3.8) is 0 Å². The highest BCUT2D eigenvalue weighted by atomic mass is 32.1. The Labute approximate surface area is 122 Å². The zero-order valence-electron chi connectivity index (χ0n) is 11.3. The number of aromatic nitrogens is 1.